The summed E-state index contributed by atoms with van der Waals surface area (Å²) < 4.78 is 37.8. The Bertz CT molecular complexity index is 884. The number of aryl methyl sites for hydroxylation is 1. The van der Waals surface area contributed by atoms with Crippen molar-refractivity contribution in [3.8, 4) is 11.5 Å². The number of fused-ring (bicyclic) bond motifs is 1. The second-order valence-corrected chi connectivity index (χ2v) is 7.84. The fraction of sp³-hybridized carbons (Fsp3) is 0.316. The Morgan fingerprint density at radius 3 is 2.52 bits per heavy atom. The number of rotatable bonds is 8. The molecule has 0 aliphatic carbocycles. The molecule has 0 unspecified atom stereocenters. The maximum atomic E-state index is 12.3. The molecule has 3 rings (SSSR count). The third-order valence-corrected chi connectivity index (χ3v) is 5.45. The number of carbonyl (C=O) groups is 1. The van der Waals surface area contributed by atoms with Crippen LogP contribution < -0.4 is 19.5 Å². The number of ether oxygens (including phenoxy) is 2. The zero-order valence-corrected chi connectivity index (χ0v) is 15.6. The second kappa shape index (κ2) is 8.88. The Balaban J connectivity index is 1.45. The second-order valence-electron chi connectivity index (χ2n) is 6.07. The molecule has 0 saturated heterocycles. The van der Waals surface area contributed by atoms with Gasteiger partial charge in [-0.15, -0.1) is 0 Å². The minimum absolute atomic E-state index is 0.0311. The highest BCUT2D eigenvalue weighted by molar-refractivity contribution is 7.89. The number of hydrogen-bond acceptors (Lipinski definition) is 5. The molecule has 0 aromatic heterocycles. The molecule has 0 fully saturated rings. The number of amides is 1. The Morgan fingerprint density at radius 2 is 1.74 bits per heavy atom. The average molecular weight is 390 g/mol. The highest BCUT2D eigenvalue weighted by Crippen LogP contribution is 2.32. The normalized spacial score (nSPS) is 13.2. The molecule has 0 bridgehead atoms. The van der Waals surface area contributed by atoms with E-state index in [4.69, 9.17) is 9.47 Å². The van der Waals surface area contributed by atoms with Crippen LogP contribution in [-0.2, 0) is 21.2 Å². The van der Waals surface area contributed by atoms with Gasteiger partial charge in [0.25, 0.3) is 0 Å². The van der Waals surface area contributed by atoms with Crippen molar-refractivity contribution in [1.29, 1.82) is 0 Å². The molecule has 144 valence electrons. The Morgan fingerprint density at radius 1 is 1.00 bits per heavy atom. The van der Waals surface area contributed by atoms with Gasteiger partial charge in [-0.1, -0.05) is 30.3 Å². The van der Waals surface area contributed by atoms with Gasteiger partial charge in [-0.25, -0.2) is 13.1 Å². The molecule has 2 N–H and O–H groups in total. The standard InChI is InChI=1S/C19H22N2O5S/c22-19(20-10-4-7-15-5-2-1-3-6-15)14-21-27(23,24)16-8-9-17-18(13-16)26-12-11-25-17/h1-3,5-6,8-9,13,21H,4,7,10-12,14H2,(H,20,22). The van der Waals surface area contributed by atoms with Crippen LogP contribution in [0.5, 0.6) is 11.5 Å². The first-order valence-electron chi connectivity index (χ1n) is 8.74. The van der Waals surface area contributed by atoms with Gasteiger partial charge in [0.1, 0.15) is 13.2 Å². The Labute approximate surface area is 158 Å². The van der Waals surface area contributed by atoms with E-state index in [2.05, 4.69) is 10.0 Å². The summed E-state index contributed by atoms with van der Waals surface area (Å²) in [7, 11) is -3.81. The van der Waals surface area contributed by atoms with Gasteiger partial charge in [0, 0.05) is 12.6 Å². The van der Waals surface area contributed by atoms with E-state index in [1.165, 1.54) is 17.7 Å². The molecular formula is C19H22N2O5S. The van der Waals surface area contributed by atoms with Gasteiger partial charge < -0.3 is 14.8 Å². The van der Waals surface area contributed by atoms with Gasteiger partial charge in [-0.2, -0.15) is 0 Å². The van der Waals surface area contributed by atoms with Gasteiger partial charge in [0.2, 0.25) is 15.9 Å². The average Bonchev–Trinajstić information content (AvgIpc) is 2.70. The number of hydrogen-bond donors (Lipinski definition) is 2. The van der Waals surface area contributed by atoms with Crippen LogP contribution in [0, 0.1) is 0 Å². The molecule has 7 nitrogen and oxygen atoms in total. The summed E-state index contributed by atoms with van der Waals surface area (Å²) in [5.41, 5.74) is 1.20. The van der Waals surface area contributed by atoms with Crippen molar-refractivity contribution in [3.05, 3.63) is 54.1 Å². The zero-order valence-electron chi connectivity index (χ0n) is 14.8. The molecular weight excluding hydrogens is 368 g/mol. The molecule has 1 heterocycles. The molecule has 2 aromatic carbocycles. The third kappa shape index (κ3) is 5.45. The van der Waals surface area contributed by atoms with E-state index in [1.54, 1.807) is 6.07 Å². The summed E-state index contributed by atoms with van der Waals surface area (Å²) in [6.07, 6.45) is 1.63. The molecule has 0 spiro atoms. The van der Waals surface area contributed by atoms with Crippen molar-refractivity contribution in [3.63, 3.8) is 0 Å². The fourth-order valence-corrected chi connectivity index (χ4v) is 3.66. The summed E-state index contributed by atoms with van der Waals surface area (Å²) in [4.78, 5) is 11.9. The van der Waals surface area contributed by atoms with Gasteiger partial charge in [0.05, 0.1) is 11.4 Å². The van der Waals surface area contributed by atoms with Crippen LogP contribution in [0.2, 0.25) is 0 Å². The molecule has 1 aliphatic rings. The lowest BCUT2D eigenvalue weighted by molar-refractivity contribution is -0.119. The van der Waals surface area contributed by atoms with Crippen molar-refractivity contribution in [1.82, 2.24) is 10.0 Å². The monoisotopic (exact) mass is 390 g/mol. The number of benzene rings is 2. The van der Waals surface area contributed by atoms with Crippen LogP contribution in [0.15, 0.2) is 53.4 Å². The Hall–Kier alpha value is -2.58. The zero-order chi connectivity index (χ0) is 19.1. The van der Waals surface area contributed by atoms with Crippen molar-refractivity contribution in [2.24, 2.45) is 0 Å². The van der Waals surface area contributed by atoms with E-state index in [1.807, 2.05) is 30.3 Å². The summed E-state index contributed by atoms with van der Waals surface area (Å²) in [6, 6.07) is 14.3. The predicted molar refractivity (Wildman–Crippen MR) is 100 cm³/mol. The van der Waals surface area contributed by atoms with Crippen LogP contribution in [0.1, 0.15) is 12.0 Å². The summed E-state index contributed by atoms with van der Waals surface area (Å²) in [5, 5.41) is 2.72. The van der Waals surface area contributed by atoms with E-state index in [-0.39, 0.29) is 17.3 Å². The maximum Gasteiger partial charge on any atom is 0.241 e. The van der Waals surface area contributed by atoms with Gasteiger partial charge in [0.15, 0.2) is 11.5 Å². The summed E-state index contributed by atoms with van der Waals surface area (Å²) in [5.74, 6) is 0.523. The largest absolute Gasteiger partial charge is 0.486 e. The van der Waals surface area contributed by atoms with E-state index >= 15 is 0 Å². The lowest BCUT2D eigenvalue weighted by Crippen LogP contribution is -2.37. The van der Waals surface area contributed by atoms with Crippen LogP contribution in [0.25, 0.3) is 0 Å². The lowest BCUT2D eigenvalue weighted by atomic mass is 10.1. The highest BCUT2D eigenvalue weighted by Gasteiger charge is 2.20. The molecule has 1 aliphatic heterocycles. The first-order valence-corrected chi connectivity index (χ1v) is 10.2. The van der Waals surface area contributed by atoms with Gasteiger partial charge in [-0.05, 0) is 30.5 Å². The predicted octanol–water partition coefficient (Wildman–Crippen LogP) is 1.49. The maximum absolute atomic E-state index is 12.3. The molecule has 0 saturated carbocycles. The SMILES string of the molecule is O=C(CNS(=O)(=O)c1ccc2c(c1)OCCO2)NCCCc1ccccc1. The number of carbonyl (C=O) groups excluding carboxylic acids is 1. The van der Waals surface area contributed by atoms with Crippen molar-refractivity contribution in [2.45, 2.75) is 17.7 Å². The fourth-order valence-electron chi connectivity index (χ4n) is 2.66. The van der Waals surface area contributed by atoms with Crippen molar-refractivity contribution in [2.75, 3.05) is 26.3 Å². The van der Waals surface area contributed by atoms with Crippen LogP contribution in [0.4, 0.5) is 0 Å². The molecule has 0 atom stereocenters. The molecule has 8 heteroatoms. The van der Waals surface area contributed by atoms with E-state index in [0.29, 0.717) is 31.3 Å². The summed E-state index contributed by atoms with van der Waals surface area (Å²) >= 11 is 0. The van der Waals surface area contributed by atoms with Crippen molar-refractivity contribution >= 4 is 15.9 Å². The third-order valence-electron chi connectivity index (χ3n) is 4.05. The smallest absolute Gasteiger partial charge is 0.241 e. The summed E-state index contributed by atoms with van der Waals surface area (Å²) in [6.45, 7) is 0.971. The number of nitrogens with one attached hydrogen (secondary N) is 2. The number of sulfonamides is 1. The van der Waals surface area contributed by atoms with E-state index < -0.39 is 10.0 Å². The van der Waals surface area contributed by atoms with Crippen LogP contribution >= 0.6 is 0 Å². The highest BCUT2D eigenvalue weighted by atomic mass is 32.2. The molecule has 2 aromatic rings. The quantitative estimate of drug-likeness (QED) is 0.666. The molecule has 27 heavy (non-hydrogen) atoms. The topological polar surface area (TPSA) is 93.7 Å². The van der Waals surface area contributed by atoms with Crippen LogP contribution in [0.3, 0.4) is 0 Å². The van der Waals surface area contributed by atoms with Crippen LogP contribution in [-0.4, -0.2) is 40.6 Å². The van der Waals surface area contributed by atoms with Gasteiger partial charge in [-0.3, -0.25) is 4.79 Å². The minimum Gasteiger partial charge on any atom is -0.486 e. The van der Waals surface area contributed by atoms with E-state index in [0.717, 1.165) is 12.8 Å². The molecule has 1 amide bonds. The molecule has 0 radical (unpaired) electrons. The van der Waals surface area contributed by atoms with E-state index in [9.17, 15) is 13.2 Å². The Kier molecular flexibility index (Phi) is 6.31. The van der Waals surface area contributed by atoms with Crippen molar-refractivity contribution < 1.29 is 22.7 Å². The van der Waals surface area contributed by atoms with Gasteiger partial charge >= 0.3 is 0 Å². The first-order chi connectivity index (χ1) is 13.0. The first kappa shape index (κ1) is 19.2. The lowest BCUT2D eigenvalue weighted by Gasteiger charge is -2.18. The minimum atomic E-state index is -3.81.